The van der Waals surface area contributed by atoms with E-state index in [0.29, 0.717) is 17.1 Å². The summed E-state index contributed by atoms with van der Waals surface area (Å²) in [5.74, 6) is 6.55. The van der Waals surface area contributed by atoms with Crippen LogP contribution >= 0.6 is 12.4 Å². The summed E-state index contributed by atoms with van der Waals surface area (Å²) in [5.41, 5.74) is 6.24. The van der Waals surface area contributed by atoms with Crippen molar-refractivity contribution in [2.45, 2.75) is 0 Å². The highest BCUT2D eigenvalue weighted by Gasteiger charge is 2.06. The highest BCUT2D eigenvalue weighted by Crippen LogP contribution is 2.27. The standard InChI is InChI=1S/C9H13N3O2.ClH/c1-13-7-4-3-6(9(10)12-11)5-8(7)14-2;/h3-5H,11H2,1-2H3,(H2,10,12);1H. The van der Waals surface area contributed by atoms with Crippen LogP contribution in [0.4, 0.5) is 0 Å². The summed E-state index contributed by atoms with van der Waals surface area (Å²) in [5, 5.41) is 3.39. The van der Waals surface area contributed by atoms with Crippen LogP contribution in [0.5, 0.6) is 11.5 Å². The Labute approximate surface area is 94.5 Å². The fourth-order valence-electron chi connectivity index (χ4n) is 1.07. The monoisotopic (exact) mass is 231 g/mol. The normalized spacial score (nSPS) is 10.4. The molecule has 6 heteroatoms. The van der Waals surface area contributed by atoms with E-state index < -0.39 is 0 Å². The average molecular weight is 232 g/mol. The number of nitrogens with two attached hydrogens (primary N) is 2. The molecule has 0 saturated heterocycles. The number of amidine groups is 1. The third kappa shape index (κ3) is 2.92. The van der Waals surface area contributed by atoms with E-state index in [1.165, 1.54) is 0 Å². The maximum Gasteiger partial charge on any atom is 0.161 e. The lowest BCUT2D eigenvalue weighted by molar-refractivity contribution is 0.355. The first kappa shape index (κ1) is 13.4. The summed E-state index contributed by atoms with van der Waals surface area (Å²) in [6.07, 6.45) is 0. The first-order chi connectivity index (χ1) is 6.72. The lowest BCUT2D eigenvalue weighted by atomic mass is 10.2. The maximum absolute atomic E-state index is 5.54. The van der Waals surface area contributed by atoms with Crippen LogP contribution in [-0.2, 0) is 0 Å². The summed E-state index contributed by atoms with van der Waals surface area (Å²) in [7, 11) is 3.12. The third-order valence-corrected chi connectivity index (χ3v) is 1.82. The largest absolute Gasteiger partial charge is 0.493 e. The van der Waals surface area contributed by atoms with Crippen LogP contribution in [0.15, 0.2) is 23.3 Å². The predicted molar refractivity (Wildman–Crippen MR) is 61.7 cm³/mol. The number of halogens is 1. The molecule has 0 bridgehead atoms. The second kappa shape index (κ2) is 5.98. The second-order valence-electron chi connectivity index (χ2n) is 2.58. The maximum atomic E-state index is 5.54. The van der Waals surface area contributed by atoms with Crippen LogP contribution in [-0.4, -0.2) is 20.1 Å². The van der Waals surface area contributed by atoms with E-state index in [-0.39, 0.29) is 18.2 Å². The van der Waals surface area contributed by atoms with E-state index in [1.807, 2.05) is 0 Å². The zero-order chi connectivity index (χ0) is 10.6. The summed E-state index contributed by atoms with van der Waals surface area (Å²) < 4.78 is 10.2. The van der Waals surface area contributed by atoms with Gasteiger partial charge in [0.15, 0.2) is 11.5 Å². The smallest absolute Gasteiger partial charge is 0.161 e. The summed E-state index contributed by atoms with van der Waals surface area (Å²) in [4.78, 5) is 0. The van der Waals surface area contributed by atoms with Crippen LogP contribution < -0.4 is 21.1 Å². The number of hydrogen-bond acceptors (Lipinski definition) is 4. The van der Waals surface area contributed by atoms with Gasteiger partial charge >= 0.3 is 0 Å². The first-order valence-corrected chi connectivity index (χ1v) is 3.98. The molecule has 0 aromatic heterocycles. The van der Waals surface area contributed by atoms with Crippen molar-refractivity contribution in [3.05, 3.63) is 23.8 Å². The molecule has 0 aliphatic carbocycles. The van der Waals surface area contributed by atoms with Crippen molar-refractivity contribution in [3.8, 4) is 11.5 Å². The zero-order valence-corrected chi connectivity index (χ0v) is 9.38. The first-order valence-electron chi connectivity index (χ1n) is 3.98. The van der Waals surface area contributed by atoms with Crippen molar-refractivity contribution in [2.75, 3.05) is 14.2 Å². The Morgan fingerprint density at radius 3 is 2.27 bits per heavy atom. The number of hydrogen-bond donors (Lipinski definition) is 2. The Hall–Kier alpha value is -1.62. The third-order valence-electron chi connectivity index (χ3n) is 1.82. The summed E-state index contributed by atoms with van der Waals surface area (Å²) in [6.45, 7) is 0. The molecule has 1 aromatic rings. The van der Waals surface area contributed by atoms with Gasteiger partial charge in [0, 0.05) is 5.56 Å². The Bertz CT molecular complexity index is 355. The number of methoxy groups -OCH3 is 2. The Morgan fingerprint density at radius 2 is 1.80 bits per heavy atom. The fraction of sp³-hybridized carbons (Fsp3) is 0.222. The Morgan fingerprint density at radius 1 is 1.20 bits per heavy atom. The SMILES string of the molecule is COc1ccc(/C(N)=N/N)cc1OC.Cl. The molecule has 4 N–H and O–H groups in total. The minimum Gasteiger partial charge on any atom is -0.493 e. The molecule has 0 radical (unpaired) electrons. The minimum absolute atomic E-state index is 0. The molecule has 1 rings (SSSR count). The molecule has 0 unspecified atom stereocenters. The second-order valence-corrected chi connectivity index (χ2v) is 2.58. The highest BCUT2D eigenvalue weighted by atomic mass is 35.5. The molecule has 0 aliphatic heterocycles. The van der Waals surface area contributed by atoms with Gasteiger partial charge in [-0.3, -0.25) is 0 Å². The number of nitrogens with zero attached hydrogens (tertiary/aromatic N) is 1. The van der Waals surface area contributed by atoms with Gasteiger partial charge in [0.25, 0.3) is 0 Å². The lowest BCUT2D eigenvalue weighted by Gasteiger charge is -2.08. The van der Waals surface area contributed by atoms with Crippen molar-refractivity contribution in [3.63, 3.8) is 0 Å². The molecule has 0 atom stereocenters. The molecule has 0 fully saturated rings. The van der Waals surface area contributed by atoms with Gasteiger partial charge in [-0.2, -0.15) is 5.10 Å². The average Bonchev–Trinajstić information content (AvgIpc) is 2.26. The van der Waals surface area contributed by atoms with E-state index in [2.05, 4.69) is 5.10 Å². The zero-order valence-electron chi connectivity index (χ0n) is 8.56. The van der Waals surface area contributed by atoms with Gasteiger partial charge in [-0.05, 0) is 18.2 Å². The number of ether oxygens (including phenoxy) is 2. The van der Waals surface area contributed by atoms with Crippen molar-refractivity contribution in [2.24, 2.45) is 16.7 Å². The molecule has 5 nitrogen and oxygen atoms in total. The van der Waals surface area contributed by atoms with Crippen LogP contribution in [0.3, 0.4) is 0 Å². The van der Waals surface area contributed by atoms with Crippen molar-refractivity contribution >= 4 is 18.2 Å². The fourth-order valence-corrected chi connectivity index (χ4v) is 1.07. The van der Waals surface area contributed by atoms with Gasteiger partial charge in [-0.25, -0.2) is 0 Å². The van der Waals surface area contributed by atoms with E-state index in [4.69, 9.17) is 21.1 Å². The quantitative estimate of drug-likeness (QED) is 0.347. The minimum atomic E-state index is 0. The molecule has 0 heterocycles. The highest BCUT2D eigenvalue weighted by molar-refractivity contribution is 5.97. The van der Waals surface area contributed by atoms with Crippen molar-refractivity contribution < 1.29 is 9.47 Å². The number of rotatable bonds is 3. The van der Waals surface area contributed by atoms with E-state index in [1.54, 1.807) is 32.4 Å². The lowest BCUT2D eigenvalue weighted by Crippen LogP contribution is -2.15. The molecule has 15 heavy (non-hydrogen) atoms. The van der Waals surface area contributed by atoms with Crippen LogP contribution in [0, 0.1) is 0 Å². The molecule has 0 spiro atoms. The topological polar surface area (TPSA) is 82.9 Å². The van der Waals surface area contributed by atoms with Gasteiger partial charge in [0.05, 0.1) is 14.2 Å². The van der Waals surface area contributed by atoms with Gasteiger partial charge in [0.2, 0.25) is 0 Å². The number of benzene rings is 1. The van der Waals surface area contributed by atoms with Gasteiger partial charge in [-0.15, -0.1) is 12.4 Å². The number of hydrazone groups is 1. The van der Waals surface area contributed by atoms with E-state index in [9.17, 15) is 0 Å². The Balaban J connectivity index is 0.00000196. The van der Waals surface area contributed by atoms with Gasteiger partial charge in [0.1, 0.15) is 5.84 Å². The summed E-state index contributed by atoms with van der Waals surface area (Å²) >= 11 is 0. The molecule has 0 saturated carbocycles. The van der Waals surface area contributed by atoms with Crippen molar-refractivity contribution in [1.29, 1.82) is 0 Å². The van der Waals surface area contributed by atoms with Crippen LogP contribution in [0.1, 0.15) is 5.56 Å². The van der Waals surface area contributed by atoms with E-state index >= 15 is 0 Å². The molecular weight excluding hydrogens is 218 g/mol. The molecule has 0 amide bonds. The molecule has 1 aromatic carbocycles. The molecule has 0 aliphatic rings. The van der Waals surface area contributed by atoms with E-state index in [0.717, 1.165) is 0 Å². The van der Waals surface area contributed by atoms with Gasteiger partial charge in [-0.1, -0.05) is 0 Å². The van der Waals surface area contributed by atoms with Crippen molar-refractivity contribution in [1.82, 2.24) is 0 Å². The van der Waals surface area contributed by atoms with Gasteiger partial charge < -0.3 is 21.1 Å². The predicted octanol–water partition coefficient (Wildman–Crippen LogP) is 0.705. The van der Waals surface area contributed by atoms with Crippen LogP contribution in [0.25, 0.3) is 0 Å². The summed E-state index contributed by atoms with van der Waals surface area (Å²) in [6, 6.07) is 5.21. The Kier molecular flexibility index (Phi) is 5.33. The van der Waals surface area contributed by atoms with Crippen LogP contribution in [0.2, 0.25) is 0 Å². The molecule has 84 valence electrons. The molecular formula is C9H14ClN3O2.